The fourth-order valence-corrected chi connectivity index (χ4v) is 2.35. The van der Waals surface area contributed by atoms with Gasteiger partial charge in [0.15, 0.2) is 0 Å². The number of benzene rings is 1. The van der Waals surface area contributed by atoms with Gasteiger partial charge in [-0.2, -0.15) is 11.8 Å². The molecule has 1 aromatic carbocycles. The second-order valence-electron chi connectivity index (χ2n) is 3.90. The molecule has 0 aliphatic heterocycles. The third kappa shape index (κ3) is 2.96. The number of nitrogens with two attached hydrogens (primary N) is 1. The highest BCUT2D eigenvalue weighted by Crippen LogP contribution is 2.27. The number of hydrogen-bond acceptors (Lipinski definition) is 4. The second-order valence-corrected chi connectivity index (χ2v) is 5.05. The molecule has 0 aliphatic carbocycles. The molecule has 0 atom stereocenters. The highest BCUT2D eigenvalue weighted by atomic mass is 32.2. The van der Waals surface area contributed by atoms with Crippen molar-refractivity contribution < 1.29 is 0 Å². The Bertz CT molecular complexity index is 540. The number of aromatic nitrogens is 1. The molecule has 0 bridgehead atoms. The SMILES string of the molecule is C=CCSCCNc1c(N)cnc2ccccc12. The Morgan fingerprint density at radius 1 is 1.39 bits per heavy atom. The molecular weight excluding hydrogens is 242 g/mol. The molecule has 0 aliphatic rings. The minimum Gasteiger partial charge on any atom is -0.396 e. The van der Waals surface area contributed by atoms with Crippen molar-refractivity contribution in [1.29, 1.82) is 0 Å². The summed E-state index contributed by atoms with van der Waals surface area (Å²) in [6.45, 7) is 4.59. The Morgan fingerprint density at radius 3 is 3.06 bits per heavy atom. The van der Waals surface area contributed by atoms with Gasteiger partial charge >= 0.3 is 0 Å². The van der Waals surface area contributed by atoms with Crippen LogP contribution in [0.2, 0.25) is 0 Å². The molecule has 0 unspecified atom stereocenters. The predicted octanol–water partition coefficient (Wildman–Crippen LogP) is 3.15. The van der Waals surface area contributed by atoms with Crippen molar-refractivity contribution in [2.24, 2.45) is 0 Å². The number of para-hydroxylation sites is 1. The van der Waals surface area contributed by atoms with Crippen LogP contribution in [0.25, 0.3) is 10.9 Å². The van der Waals surface area contributed by atoms with Gasteiger partial charge in [-0.3, -0.25) is 4.98 Å². The molecule has 3 N–H and O–H groups in total. The summed E-state index contributed by atoms with van der Waals surface area (Å²) in [4.78, 5) is 4.32. The third-order valence-electron chi connectivity index (χ3n) is 2.59. The summed E-state index contributed by atoms with van der Waals surface area (Å²) in [5.41, 5.74) is 8.63. The van der Waals surface area contributed by atoms with Gasteiger partial charge in [-0.25, -0.2) is 0 Å². The van der Waals surface area contributed by atoms with E-state index >= 15 is 0 Å². The van der Waals surface area contributed by atoms with Crippen LogP contribution >= 0.6 is 11.8 Å². The summed E-state index contributed by atoms with van der Waals surface area (Å²) >= 11 is 1.85. The number of nitrogens with one attached hydrogen (secondary N) is 1. The van der Waals surface area contributed by atoms with Crippen LogP contribution < -0.4 is 11.1 Å². The Hall–Kier alpha value is -1.68. The van der Waals surface area contributed by atoms with Crippen molar-refractivity contribution in [2.45, 2.75) is 0 Å². The average molecular weight is 259 g/mol. The molecule has 0 saturated carbocycles. The van der Waals surface area contributed by atoms with E-state index in [2.05, 4.69) is 16.9 Å². The number of fused-ring (bicyclic) bond motifs is 1. The molecule has 1 aromatic heterocycles. The first-order valence-electron chi connectivity index (χ1n) is 5.88. The van der Waals surface area contributed by atoms with Crippen LogP contribution in [0.3, 0.4) is 0 Å². The van der Waals surface area contributed by atoms with Crippen LogP contribution in [-0.2, 0) is 0 Å². The topological polar surface area (TPSA) is 50.9 Å². The summed E-state index contributed by atoms with van der Waals surface area (Å²) < 4.78 is 0. The lowest BCUT2D eigenvalue weighted by Crippen LogP contribution is -2.07. The van der Waals surface area contributed by atoms with Crippen LogP contribution in [0, 0.1) is 0 Å². The molecule has 94 valence electrons. The van der Waals surface area contributed by atoms with Crippen molar-refractivity contribution in [3.05, 3.63) is 43.1 Å². The second kappa shape index (κ2) is 6.31. The van der Waals surface area contributed by atoms with E-state index in [4.69, 9.17) is 5.73 Å². The molecule has 0 amide bonds. The molecule has 4 heteroatoms. The zero-order valence-corrected chi connectivity index (χ0v) is 11.0. The van der Waals surface area contributed by atoms with Crippen molar-refractivity contribution in [3.8, 4) is 0 Å². The van der Waals surface area contributed by atoms with E-state index in [0.717, 1.165) is 34.6 Å². The fourth-order valence-electron chi connectivity index (χ4n) is 1.77. The van der Waals surface area contributed by atoms with Crippen molar-refractivity contribution in [2.75, 3.05) is 29.1 Å². The van der Waals surface area contributed by atoms with E-state index in [9.17, 15) is 0 Å². The zero-order valence-electron chi connectivity index (χ0n) is 10.2. The molecule has 2 aromatic rings. The molecule has 0 saturated heterocycles. The van der Waals surface area contributed by atoms with Crippen molar-refractivity contribution >= 4 is 34.0 Å². The molecule has 0 fully saturated rings. The molecule has 2 rings (SSSR count). The molecular formula is C14H17N3S. The average Bonchev–Trinajstić information content (AvgIpc) is 2.41. The van der Waals surface area contributed by atoms with Gasteiger partial charge in [-0.1, -0.05) is 24.3 Å². The van der Waals surface area contributed by atoms with E-state index in [0.29, 0.717) is 5.69 Å². The largest absolute Gasteiger partial charge is 0.396 e. The predicted molar refractivity (Wildman–Crippen MR) is 82.2 cm³/mol. The van der Waals surface area contributed by atoms with Crippen LogP contribution in [0.1, 0.15) is 0 Å². The molecule has 1 heterocycles. The number of nitrogen functional groups attached to an aromatic ring is 1. The molecule has 18 heavy (non-hydrogen) atoms. The Labute approximate surface area is 111 Å². The first-order valence-corrected chi connectivity index (χ1v) is 7.04. The Morgan fingerprint density at radius 2 is 2.22 bits per heavy atom. The number of anilines is 2. The monoisotopic (exact) mass is 259 g/mol. The van der Waals surface area contributed by atoms with Crippen molar-refractivity contribution in [1.82, 2.24) is 4.98 Å². The third-order valence-corrected chi connectivity index (χ3v) is 3.55. The summed E-state index contributed by atoms with van der Waals surface area (Å²) in [5, 5.41) is 4.47. The highest BCUT2D eigenvalue weighted by molar-refractivity contribution is 7.99. The van der Waals surface area contributed by atoms with E-state index < -0.39 is 0 Å². The van der Waals surface area contributed by atoms with E-state index in [1.165, 1.54) is 0 Å². The maximum absolute atomic E-state index is 5.98. The zero-order chi connectivity index (χ0) is 12.8. The minimum atomic E-state index is 0.697. The maximum atomic E-state index is 5.98. The number of thioether (sulfide) groups is 1. The minimum absolute atomic E-state index is 0.697. The lowest BCUT2D eigenvalue weighted by Gasteiger charge is -2.11. The van der Waals surface area contributed by atoms with Crippen molar-refractivity contribution in [3.63, 3.8) is 0 Å². The first-order chi connectivity index (χ1) is 8.83. The lowest BCUT2D eigenvalue weighted by atomic mass is 10.1. The first kappa shape index (κ1) is 12.8. The summed E-state index contributed by atoms with van der Waals surface area (Å²) in [6, 6.07) is 8.01. The number of hydrogen-bond donors (Lipinski definition) is 2. The fraction of sp³-hybridized carbons (Fsp3) is 0.214. The number of pyridine rings is 1. The van der Waals surface area contributed by atoms with Crippen LogP contribution in [0.5, 0.6) is 0 Å². The van der Waals surface area contributed by atoms with E-state index in [1.54, 1.807) is 6.20 Å². The van der Waals surface area contributed by atoms with E-state index in [1.807, 2.05) is 42.1 Å². The summed E-state index contributed by atoms with van der Waals surface area (Å²) in [5.74, 6) is 2.01. The Balaban J connectivity index is 2.11. The molecule has 3 nitrogen and oxygen atoms in total. The quantitative estimate of drug-likeness (QED) is 0.618. The Kier molecular flexibility index (Phi) is 4.47. The smallest absolute Gasteiger partial charge is 0.0743 e. The molecule has 0 spiro atoms. The van der Waals surface area contributed by atoms with E-state index in [-0.39, 0.29) is 0 Å². The van der Waals surface area contributed by atoms with Gasteiger partial charge in [0.1, 0.15) is 0 Å². The van der Waals surface area contributed by atoms with Crippen LogP contribution in [-0.4, -0.2) is 23.0 Å². The van der Waals surface area contributed by atoms with Gasteiger partial charge in [0, 0.05) is 23.4 Å². The summed E-state index contributed by atoms with van der Waals surface area (Å²) in [7, 11) is 0. The van der Waals surface area contributed by atoms with Gasteiger partial charge in [0.05, 0.1) is 23.1 Å². The normalized spacial score (nSPS) is 10.4. The standard InChI is InChI=1S/C14H17N3S/c1-2-8-18-9-7-16-14-11-5-3-4-6-13(11)17-10-12(14)15/h2-6,10H,1,7-9,15H2,(H,16,17). The maximum Gasteiger partial charge on any atom is 0.0743 e. The lowest BCUT2D eigenvalue weighted by molar-refractivity contribution is 1.23. The van der Waals surface area contributed by atoms with Gasteiger partial charge < -0.3 is 11.1 Å². The summed E-state index contributed by atoms with van der Waals surface area (Å²) in [6.07, 6.45) is 3.63. The highest BCUT2D eigenvalue weighted by Gasteiger charge is 2.05. The van der Waals surface area contributed by atoms with Gasteiger partial charge in [0.2, 0.25) is 0 Å². The van der Waals surface area contributed by atoms with Gasteiger partial charge in [0.25, 0.3) is 0 Å². The molecule has 0 radical (unpaired) electrons. The van der Waals surface area contributed by atoms with Gasteiger partial charge in [-0.05, 0) is 6.07 Å². The van der Waals surface area contributed by atoms with Crippen LogP contribution in [0.4, 0.5) is 11.4 Å². The van der Waals surface area contributed by atoms with Gasteiger partial charge in [-0.15, -0.1) is 6.58 Å². The number of rotatable bonds is 6. The number of nitrogens with zero attached hydrogens (tertiary/aromatic N) is 1. The van der Waals surface area contributed by atoms with Crippen LogP contribution in [0.15, 0.2) is 43.1 Å².